The van der Waals surface area contributed by atoms with Gasteiger partial charge in [-0.1, -0.05) is 0 Å². The number of nitrogens with zero attached hydrogens (tertiary/aromatic N) is 1. The van der Waals surface area contributed by atoms with Gasteiger partial charge < -0.3 is 15.0 Å². The second-order valence-electron chi connectivity index (χ2n) is 4.93. The van der Waals surface area contributed by atoms with Crippen LogP contribution in [0.15, 0.2) is 6.07 Å². The monoisotopic (exact) mass is 268 g/mol. The van der Waals surface area contributed by atoms with E-state index in [4.69, 9.17) is 4.74 Å². The first-order valence-corrected chi connectivity index (χ1v) is 7.02. The predicted molar refractivity (Wildman–Crippen MR) is 73.6 cm³/mol. The number of amides is 1. The fraction of sp³-hybridized carbons (Fsp3) is 0.615. The van der Waals surface area contributed by atoms with Gasteiger partial charge in [0.05, 0.1) is 7.11 Å². The maximum absolute atomic E-state index is 12.5. The number of piperazine rings is 1. The van der Waals surface area contributed by atoms with Gasteiger partial charge in [-0.25, -0.2) is 0 Å². The summed E-state index contributed by atoms with van der Waals surface area (Å²) >= 11 is 1.51. The van der Waals surface area contributed by atoms with Crippen LogP contribution in [0.1, 0.15) is 28.4 Å². The maximum Gasteiger partial charge on any atom is 0.267 e. The second-order valence-corrected chi connectivity index (χ2v) is 6.19. The molecule has 5 heteroatoms. The largest absolute Gasteiger partial charge is 0.495 e. The Hall–Kier alpha value is -1.07. The van der Waals surface area contributed by atoms with Crippen LogP contribution >= 0.6 is 11.3 Å². The summed E-state index contributed by atoms with van der Waals surface area (Å²) < 4.78 is 5.28. The van der Waals surface area contributed by atoms with Gasteiger partial charge in [-0.15, -0.1) is 11.3 Å². The normalized spacial score (nSPS) is 24.1. The van der Waals surface area contributed by atoms with Crippen LogP contribution in [0.4, 0.5) is 0 Å². The van der Waals surface area contributed by atoms with Crippen molar-refractivity contribution in [3.63, 3.8) is 0 Å². The minimum Gasteiger partial charge on any atom is -0.495 e. The van der Waals surface area contributed by atoms with Gasteiger partial charge in [0.1, 0.15) is 10.6 Å². The first-order chi connectivity index (χ1) is 8.51. The van der Waals surface area contributed by atoms with E-state index >= 15 is 0 Å². The van der Waals surface area contributed by atoms with Gasteiger partial charge in [0.2, 0.25) is 0 Å². The summed E-state index contributed by atoms with van der Waals surface area (Å²) in [5.74, 6) is 0.784. The number of hydrogen-bond acceptors (Lipinski definition) is 4. The van der Waals surface area contributed by atoms with Crippen LogP contribution in [0.3, 0.4) is 0 Å². The molecule has 1 fully saturated rings. The van der Waals surface area contributed by atoms with Crippen LogP contribution in [0.25, 0.3) is 0 Å². The lowest BCUT2D eigenvalue weighted by atomic mass is 10.1. The van der Waals surface area contributed by atoms with E-state index in [1.165, 1.54) is 11.3 Å². The first-order valence-electron chi connectivity index (χ1n) is 6.21. The maximum atomic E-state index is 12.5. The van der Waals surface area contributed by atoms with Crippen molar-refractivity contribution < 1.29 is 9.53 Å². The standard InChI is InChI=1S/C13H20N2O2S/c1-8-6-15(7-9(2)14-8)13(16)12-11(17-4)5-10(3)18-12/h5,8-9,14H,6-7H2,1-4H3/t8-,9-/m0/s1. The Kier molecular flexibility index (Phi) is 3.92. The molecule has 0 radical (unpaired) electrons. The Morgan fingerprint density at radius 1 is 1.44 bits per heavy atom. The summed E-state index contributed by atoms with van der Waals surface area (Å²) in [6.07, 6.45) is 0. The zero-order valence-corrected chi connectivity index (χ0v) is 12.1. The Labute approximate surface area is 112 Å². The van der Waals surface area contributed by atoms with Crippen molar-refractivity contribution in [1.82, 2.24) is 10.2 Å². The minimum absolute atomic E-state index is 0.0881. The predicted octanol–water partition coefficient (Wildman–Crippen LogP) is 1.89. The summed E-state index contributed by atoms with van der Waals surface area (Å²) in [6.45, 7) is 7.71. The van der Waals surface area contributed by atoms with Crippen molar-refractivity contribution in [1.29, 1.82) is 0 Å². The van der Waals surface area contributed by atoms with Gasteiger partial charge >= 0.3 is 0 Å². The molecule has 1 N–H and O–H groups in total. The molecule has 2 rings (SSSR count). The Morgan fingerprint density at radius 3 is 2.61 bits per heavy atom. The molecule has 1 aliphatic heterocycles. The van der Waals surface area contributed by atoms with Gasteiger partial charge in [0.15, 0.2) is 0 Å². The van der Waals surface area contributed by atoms with Crippen molar-refractivity contribution in [3.05, 3.63) is 15.8 Å². The third-order valence-electron chi connectivity index (χ3n) is 3.08. The SMILES string of the molecule is COc1cc(C)sc1C(=O)N1C[C@H](C)N[C@@H](C)C1. The topological polar surface area (TPSA) is 41.6 Å². The average Bonchev–Trinajstić information content (AvgIpc) is 2.68. The van der Waals surface area contributed by atoms with Crippen molar-refractivity contribution in [2.45, 2.75) is 32.9 Å². The van der Waals surface area contributed by atoms with E-state index < -0.39 is 0 Å². The molecule has 0 saturated carbocycles. The van der Waals surface area contributed by atoms with Gasteiger partial charge in [-0.3, -0.25) is 4.79 Å². The fourth-order valence-corrected chi connectivity index (χ4v) is 3.38. The smallest absolute Gasteiger partial charge is 0.267 e. The molecule has 2 atom stereocenters. The molecular formula is C13H20N2O2S. The summed E-state index contributed by atoms with van der Waals surface area (Å²) in [6, 6.07) is 2.60. The number of carbonyl (C=O) groups excluding carboxylic acids is 1. The molecule has 1 aromatic heterocycles. The average molecular weight is 268 g/mol. The number of methoxy groups -OCH3 is 1. The zero-order chi connectivity index (χ0) is 13.3. The van der Waals surface area contributed by atoms with Crippen LogP contribution in [-0.2, 0) is 0 Å². The van der Waals surface area contributed by atoms with E-state index in [9.17, 15) is 4.79 Å². The van der Waals surface area contributed by atoms with Crippen LogP contribution in [0, 0.1) is 6.92 Å². The molecule has 100 valence electrons. The lowest BCUT2D eigenvalue weighted by Gasteiger charge is -2.36. The molecule has 2 heterocycles. The van der Waals surface area contributed by atoms with Crippen LogP contribution in [0.2, 0.25) is 0 Å². The minimum atomic E-state index is 0.0881. The molecular weight excluding hydrogens is 248 g/mol. The number of aryl methyl sites for hydroxylation is 1. The Balaban J connectivity index is 2.19. The second kappa shape index (κ2) is 5.28. The molecule has 1 aromatic rings. The van der Waals surface area contributed by atoms with Gasteiger partial charge in [0, 0.05) is 30.1 Å². The molecule has 0 bridgehead atoms. The number of carbonyl (C=O) groups is 1. The Morgan fingerprint density at radius 2 is 2.06 bits per heavy atom. The van der Waals surface area contributed by atoms with Crippen molar-refractivity contribution in [2.75, 3.05) is 20.2 Å². The number of nitrogens with one attached hydrogen (secondary N) is 1. The van der Waals surface area contributed by atoms with Gasteiger partial charge in [0.25, 0.3) is 5.91 Å². The highest BCUT2D eigenvalue weighted by atomic mass is 32.1. The van der Waals surface area contributed by atoms with Crippen molar-refractivity contribution >= 4 is 17.2 Å². The third kappa shape index (κ3) is 2.67. The quantitative estimate of drug-likeness (QED) is 0.890. The zero-order valence-electron chi connectivity index (χ0n) is 11.3. The summed E-state index contributed by atoms with van der Waals surface area (Å²) in [5, 5.41) is 3.43. The van der Waals surface area contributed by atoms with Crippen LogP contribution in [0.5, 0.6) is 5.75 Å². The number of hydrogen-bond donors (Lipinski definition) is 1. The van der Waals surface area contributed by atoms with E-state index in [0.717, 1.165) is 22.8 Å². The molecule has 1 saturated heterocycles. The lowest BCUT2D eigenvalue weighted by Crippen LogP contribution is -2.55. The Bertz CT molecular complexity index is 434. The molecule has 4 nitrogen and oxygen atoms in total. The lowest BCUT2D eigenvalue weighted by molar-refractivity contribution is 0.0675. The molecule has 0 aromatic carbocycles. The molecule has 0 unspecified atom stereocenters. The first kappa shape index (κ1) is 13.4. The molecule has 0 spiro atoms. The molecule has 18 heavy (non-hydrogen) atoms. The van der Waals surface area contributed by atoms with E-state index in [1.807, 2.05) is 17.9 Å². The van der Waals surface area contributed by atoms with Gasteiger partial charge in [-0.05, 0) is 26.8 Å². The third-order valence-corrected chi connectivity index (χ3v) is 4.10. The highest BCUT2D eigenvalue weighted by Gasteiger charge is 2.28. The van der Waals surface area contributed by atoms with E-state index in [2.05, 4.69) is 19.2 Å². The van der Waals surface area contributed by atoms with Crippen LogP contribution in [-0.4, -0.2) is 43.1 Å². The van der Waals surface area contributed by atoms with E-state index in [1.54, 1.807) is 7.11 Å². The van der Waals surface area contributed by atoms with E-state index in [-0.39, 0.29) is 5.91 Å². The summed E-state index contributed by atoms with van der Waals surface area (Å²) in [5.41, 5.74) is 0. The van der Waals surface area contributed by atoms with Crippen LogP contribution < -0.4 is 10.1 Å². The van der Waals surface area contributed by atoms with E-state index in [0.29, 0.717) is 17.8 Å². The van der Waals surface area contributed by atoms with Gasteiger partial charge in [-0.2, -0.15) is 0 Å². The summed E-state index contributed by atoms with van der Waals surface area (Å²) in [4.78, 5) is 16.3. The molecule has 1 amide bonds. The number of thiophene rings is 1. The highest BCUT2D eigenvalue weighted by Crippen LogP contribution is 2.30. The molecule has 0 aliphatic carbocycles. The number of rotatable bonds is 2. The highest BCUT2D eigenvalue weighted by molar-refractivity contribution is 7.14. The summed E-state index contributed by atoms with van der Waals surface area (Å²) in [7, 11) is 1.61. The van der Waals surface area contributed by atoms with Crippen molar-refractivity contribution in [2.24, 2.45) is 0 Å². The number of ether oxygens (including phenoxy) is 1. The molecule has 1 aliphatic rings. The fourth-order valence-electron chi connectivity index (χ4n) is 2.43. The van der Waals surface area contributed by atoms with Crippen molar-refractivity contribution in [3.8, 4) is 5.75 Å².